The van der Waals surface area contributed by atoms with Crippen LogP contribution in [0.2, 0.25) is 0 Å². The molecule has 2 fully saturated rings. The van der Waals surface area contributed by atoms with Crippen molar-refractivity contribution in [1.82, 2.24) is 14.7 Å². The molecule has 21 heavy (non-hydrogen) atoms. The Balaban J connectivity index is 1.85. The van der Waals surface area contributed by atoms with Crippen LogP contribution >= 0.6 is 0 Å². The normalized spacial score (nSPS) is 25.9. The average Bonchev–Trinajstić information content (AvgIpc) is 2.84. The van der Waals surface area contributed by atoms with E-state index < -0.39 is 11.4 Å². The summed E-state index contributed by atoms with van der Waals surface area (Å²) < 4.78 is 0. The Labute approximate surface area is 126 Å². The minimum absolute atomic E-state index is 0.0303. The zero-order chi connectivity index (χ0) is 15.6. The molecule has 120 valence electrons. The van der Waals surface area contributed by atoms with Gasteiger partial charge in [-0.15, -0.1) is 0 Å². The van der Waals surface area contributed by atoms with Gasteiger partial charge in [0.1, 0.15) is 0 Å². The monoisotopic (exact) mass is 297 g/mol. The van der Waals surface area contributed by atoms with Gasteiger partial charge in [-0.05, 0) is 46.2 Å². The minimum atomic E-state index is -0.754. The lowest BCUT2D eigenvalue weighted by molar-refractivity contribution is -0.150. The van der Waals surface area contributed by atoms with Crippen LogP contribution in [0, 0.1) is 5.41 Å². The van der Waals surface area contributed by atoms with Crippen molar-refractivity contribution in [2.24, 2.45) is 5.41 Å². The van der Waals surface area contributed by atoms with Crippen molar-refractivity contribution in [2.75, 3.05) is 40.3 Å². The van der Waals surface area contributed by atoms with Crippen LogP contribution in [0.1, 0.15) is 32.6 Å². The van der Waals surface area contributed by atoms with Crippen molar-refractivity contribution in [1.29, 1.82) is 0 Å². The topological polar surface area (TPSA) is 64.1 Å². The van der Waals surface area contributed by atoms with Gasteiger partial charge in [0.25, 0.3) is 0 Å². The van der Waals surface area contributed by atoms with Gasteiger partial charge in [-0.2, -0.15) is 0 Å². The van der Waals surface area contributed by atoms with Crippen LogP contribution in [0.4, 0.5) is 4.79 Å². The lowest BCUT2D eigenvalue weighted by Crippen LogP contribution is -2.51. The Kier molecular flexibility index (Phi) is 4.76. The number of hydrogen-bond acceptors (Lipinski definition) is 3. The molecule has 2 saturated heterocycles. The molecule has 0 spiro atoms. The Bertz CT molecular complexity index is 405. The second-order valence-electron chi connectivity index (χ2n) is 6.79. The minimum Gasteiger partial charge on any atom is -0.481 e. The molecule has 0 aliphatic carbocycles. The highest BCUT2D eigenvalue weighted by Crippen LogP contribution is 2.31. The summed E-state index contributed by atoms with van der Waals surface area (Å²) in [6.45, 7) is 4.70. The second-order valence-corrected chi connectivity index (χ2v) is 6.79. The Morgan fingerprint density at radius 3 is 2.38 bits per heavy atom. The number of aliphatic carboxylic acids is 1. The van der Waals surface area contributed by atoms with Crippen LogP contribution in [0.15, 0.2) is 0 Å². The van der Waals surface area contributed by atoms with E-state index in [1.807, 2.05) is 7.05 Å². The highest BCUT2D eigenvalue weighted by Gasteiger charge is 2.38. The van der Waals surface area contributed by atoms with Gasteiger partial charge in [0.2, 0.25) is 0 Å². The van der Waals surface area contributed by atoms with Gasteiger partial charge in [-0.3, -0.25) is 4.79 Å². The zero-order valence-corrected chi connectivity index (χ0v) is 13.3. The van der Waals surface area contributed by atoms with E-state index in [0.29, 0.717) is 32.0 Å². The number of carbonyl (C=O) groups excluding carboxylic acids is 1. The van der Waals surface area contributed by atoms with Crippen LogP contribution in [-0.2, 0) is 4.79 Å². The third-order valence-electron chi connectivity index (χ3n) is 5.14. The molecule has 0 radical (unpaired) electrons. The van der Waals surface area contributed by atoms with Crippen molar-refractivity contribution in [3.63, 3.8) is 0 Å². The zero-order valence-electron chi connectivity index (χ0n) is 13.3. The molecule has 6 heteroatoms. The molecule has 2 heterocycles. The number of piperidine rings is 1. The predicted octanol–water partition coefficient (Wildman–Crippen LogP) is 1.32. The number of carbonyl (C=O) groups is 2. The summed E-state index contributed by atoms with van der Waals surface area (Å²) in [4.78, 5) is 29.6. The summed E-state index contributed by atoms with van der Waals surface area (Å²) in [6.07, 6.45) is 3.41. The van der Waals surface area contributed by atoms with E-state index in [-0.39, 0.29) is 6.03 Å². The molecule has 6 nitrogen and oxygen atoms in total. The molecule has 2 aliphatic rings. The Hall–Kier alpha value is -1.30. The summed E-state index contributed by atoms with van der Waals surface area (Å²) in [5, 5.41) is 9.23. The molecule has 1 N–H and O–H groups in total. The smallest absolute Gasteiger partial charge is 0.319 e. The quantitative estimate of drug-likeness (QED) is 0.853. The van der Waals surface area contributed by atoms with Crippen LogP contribution in [0.3, 0.4) is 0 Å². The fourth-order valence-electron chi connectivity index (χ4n) is 3.25. The van der Waals surface area contributed by atoms with E-state index in [1.165, 1.54) is 6.42 Å². The summed E-state index contributed by atoms with van der Waals surface area (Å²) in [5.41, 5.74) is -0.680. The van der Waals surface area contributed by atoms with Crippen molar-refractivity contribution < 1.29 is 14.7 Å². The van der Waals surface area contributed by atoms with E-state index >= 15 is 0 Å². The van der Waals surface area contributed by atoms with Crippen LogP contribution in [0.25, 0.3) is 0 Å². The molecular weight excluding hydrogens is 270 g/mol. The molecule has 0 aromatic heterocycles. The lowest BCUT2D eigenvalue weighted by atomic mass is 9.80. The summed E-state index contributed by atoms with van der Waals surface area (Å²) >= 11 is 0. The van der Waals surface area contributed by atoms with Crippen molar-refractivity contribution in [3.05, 3.63) is 0 Å². The molecule has 0 aromatic rings. The lowest BCUT2D eigenvalue weighted by Gasteiger charge is -2.38. The highest BCUT2D eigenvalue weighted by molar-refractivity contribution is 5.77. The van der Waals surface area contributed by atoms with E-state index in [4.69, 9.17) is 0 Å². The SMILES string of the molecule is CN(CC1CCCN1C)C(=O)N1CCC(C)(C(=O)O)CC1. The van der Waals surface area contributed by atoms with Gasteiger partial charge >= 0.3 is 12.0 Å². The number of likely N-dealkylation sites (tertiary alicyclic amines) is 2. The fraction of sp³-hybridized carbons (Fsp3) is 0.867. The van der Waals surface area contributed by atoms with Gasteiger partial charge in [-0.1, -0.05) is 0 Å². The Morgan fingerprint density at radius 2 is 1.90 bits per heavy atom. The number of rotatable bonds is 3. The second kappa shape index (κ2) is 6.22. The molecule has 0 saturated carbocycles. The van der Waals surface area contributed by atoms with Crippen molar-refractivity contribution in [2.45, 2.75) is 38.6 Å². The molecule has 0 aromatic carbocycles. The van der Waals surface area contributed by atoms with Crippen LogP contribution < -0.4 is 0 Å². The van der Waals surface area contributed by atoms with Gasteiger partial charge in [0.05, 0.1) is 5.41 Å². The van der Waals surface area contributed by atoms with Gasteiger partial charge in [0, 0.05) is 32.7 Å². The summed E-state index contributed by atoms with van der Waals surface area (Å²) in [5.74, 6) is -0.754. The summed E-state index contributed by atoms with van der Waals surface area (Å²) in [7, 11) is 3.95. The highest BCUT2D eigenvalue weighted by atomic mass is 16.4. The molecule has 1 unspecified atom stereocenters. The number of likely N-dealkylation sites (N-methyl/N-ethyl adjacent to an activating group) is 2. The molecule has 2 amide bonds. The predicted molar refractivity (Wildman–Crippen MR) is 80.2 cm³/mol. The molecule has 1 atom stereocenters. The molecule has 2 aliphatic heterocycles. The maximum Gasteiger partial charge on any atom is 0.319 e. The average molecular weight is 297 g/mol. The number of amides is 2. The Morgan fingerprint density at radius 1 is 1.29 bits per heavy atom. The first kappa shape index (κ1) is 16.1. The van der Waals surface area contributed by atoms with Crippen molar-refractivity contribution >= 4 is 12.0 Å². The third-order valence-corrected chi connectivity index (χ3v) is 5.14. The number of carboxylic acid groups (broad SMARTS) is 1. The summed E-state index contributed by atoms with van der Waals surface area (Å²) in [6, 6.07) is 0.482. The van der Waals surface area contributed by atoms with E-state index in [9.17, 15) is 14.7 Å². The van der Waals surface area contributed by atoms with Crippen LogP contribution in [0.5, 0.6) is 0 Å². The van der Waals surface area contributed by atoms with Gasteiger partial charge < -0.3 is 19.8 Å². The van der Waals surface area contributed by atoms with E-state index in [2.05, 4.69) is 11.9 Å². The molecule has 2 rings (SSSR count). The molecular formula is C15H27N3O3. The fourth-order valence-corrected chi connectivity index (χ4v) is 3.25. The first-order chi connectivity index (χ1) is 9.83. The first-order valence-electron chi connectivity index (χ1n) is 7.77. The first-order valence-corrected chi connectivity index (χ1v) is 7.77. The number of nitrogens with zero attached hydrogens (tertiary/aromatic N) is 3. The standard InChI is InChI=1S/C15H27N3O3/c1-15(13(19)20)6-9-18(10-7-15)14(21)17(3)11-12-5-4-8-16(12)2/h12H,4-11H2,1-3H3,(H,19,20). The maximum absolute atomic E-state index is 12.5. The van der Waals surface area contributed by atoms with E-state index in [0.717, 1.165) is 19.5 Å². The maximum atomic E-state index is 12.5. The van der Waals surface area contributed by atoms with Crippen LogP contribution in [-0.4, -0.2) is 78.1 Å². The molecule has 0 bridgehead atoms. The van der Waals surface area contributed by atoms with Gasteiger partial charge in [-0.25, -0.2) is 4.79 Å². The number of hydrogen-bond donors (Lipinski definition) is 1. The van der Waals surface area contributed by atoms with Gasteiger partial charge in [0.15, 0.2) is 0 Å². The largest absolute Gasteiger partial charge is 0.481 e. The van der Waals surface area contributed by atoms with Crippen molar-refractivity contribution in [3.8, 4) is 0 Å². The number of urea groups is 1. The number of carboxylic acids is 1. The third kappa shape index (κ3) is 3.48. The van der Waals surface area contributed by atoms with E-state index in [1.54, 1.807) is 16.7 Å².